The summed E-state index contributed by atoms with van der Waals surface area (Å²) in [6.07, 6.45) is 2.42. The van der Waals surface area contributed by atoms with Gasteiger partial charge in [-0.1, -0.05) is 19.3 Å². The minimum absolute atomic E-state index is 0.181. The van der Waals surface area contributed by atoms with Gasteiger partial charge in [-0.25, -0.2) is 0 Å². The molecule has 2 N–H and O–H groups in total. The fourth-order valence-electron chi connectivity index (χ4n) is 3.95. The average molecular weight is 278 g/mol. The van der Waals surface area contributed by atoms with Gasteiger partial charge in [-0.2, -0.15) is 13.2 Å². The van der Waals surface area contributed by atoms with Crippen molar-refractivity contribution in [3.8, 4) is 0 Å². The second-order valence-corrected chi connectivity index (χ2v) is 6.31. The maximum absolute atomic E-state index is 13.0. The van der Waals surface area contributed by atoms with Crippen LogP contribution in [0.5, 0.6) is 0 Å². The number of hydrogen-bond acceptors (Lipinski definition) is 2. The lowest BCUT2D eigenvalue weighted by Crippen LogP contribution is -2.58. The number of hydrogen-bond donors (Lipinski definition) is 1. The zero-order valence-electron chi connectivity index (χ0n) is 11.7. The van der Waals surface area contributed by atoms with Crippen molar-refractivity contribution >= 4 is 0 Å². The van der Waals surface area contributed by atoms with E-state index in [1.165, 1.54) is 12.8 Å². The minimum atomic E-state index is -4.07. The Morgan fingerprint density at radius 1 is 1.16 bits per heavy atom. The maximum atomic E-state index is 13.0. The normalized spacial score (nSPS) is 34.1. The fraction of sp³-hybridized carbons (Fsp3) is 1.00. The van der Waals surface area contributed by atoms with Gasteiger partial charge in [0.2, 0.25) is 0 Å². The molecule has 0 radical (unpaired) electrons. The van der Waals surface area contributed by atoms with Crippen molar-refractivity contribution in [1.29, 1.82) is 0 Å². The number of halogens is 3. The SMILES string of the molecule is CN(C1CCCC1)C1(CN)CCCC(C(F)(F)F)C1. The first kappa shape index (κ1) is 15.1. The Kier molecular flexibility index (Phi) is 4.45. The molecule has 0 aromatic heterocycles. The molecule has 5 heteroatoms. The van der Waals surface area contributed by atoms with Gasteiger partial charge in [0, 0.05) is 18.1 Å². The van der Waals surface area contributed by atoms with Crippen LogP contribution in [0, 0.1) is 5.92 Å². The largest absolute Gasteiger partial charge is 0.391 e. The molecule has 0 aromatic rings. The molecule has 112 valence electrons. The molecule has 2 aliphatic carbocycles. The first-order valence-corrected chi connectivity index (χ1v) is 7.39. The molecule has 2 rings (SSSR count). The highest BCUT2D eigenvalue weighted by Crippen LogP contribution is 2.45. The first-order chi connectivity index (χ1) is 8.89. The summed E-state index contributed by atoms with van der Waals surface area (Å²) < 4.78 is 39.0. The third kappa shape index (κ3) is 3.07. The molecule has 2 nitrogen and oxygen atoms in total. The summed E-state index contributed by atoms with van der Waals surface area (Å²) in [5.74, 6) is -1.17. The van der Waals surface area contributed by atoms with Crippen LogP contribution in [0.25, 0.3) is 0 Å². The number of nitrogens with two attached hydrogens (primary N) is 1. The summed E-state index contributed by atoms with van der Waals surface area (Å²) >= 11 is 0. The number of alkyl halides is 3. The molecule has 2 saturated carbocycles. The topological polar surface area (TPSA) is 29.3 Å². The summed E-state index contributed by atoms with van der Waals surface area (Å²) in [4.78, 5) is 2.19. The predicted molar refractivity (Wildman–Crippen MR) is 69.8 cm³/mol. The molecular weight excluding hydrogens is 253 g/mol. The Morgan fingerprint density at radius 3 is 2.32 bits per heavy atom. The molecule has 0 spiro atoms. The van der Waals surface area contributed by atoms with E-state index in [9.17, 15) is 13.2 Å². The van der Waals surface area contributed by atoms with Crippen LogP contribution in [0.1, 0.15) is 51.4 Å². The van der Waals surface area contributed by atoms with Gasteiger partial charge in [-0.3, -0.25) is 4.90 Å². The number of likely N-dealkylation sites (N-methyl/N-ethyl adjacent to an activating group) is 1. The predicted octanol–water partition coefficient (Wildman–Crippen LogP) is 3.31. The van der Waals surface area contributed by atoms with Crippen LogP contribution < -0.4 is 5.73 Å². The zero-order valence-corrected chi connectivity index (χ0v) is 11.7. The van der Waals surface area contributed by atoms with Gasteiger partial charge >= 0.3 is 6.18 Å². The maximum Gasteiger partial charge on any atom is 0.391 e. The molecule has 0 saturated heterocycles. The molecule has 2 unspecified atom stereocenters. The molecule has 0 bridgehead atoms. The summed E-state index contributed by atoms with van der Waals surface area (Å²) in [6, 6.07) is 0.426. The second kappa shape index (κ2) is 5.60. The van der Waals surface area contributed by atoms with Crippen molar-refractivity contribution in [3.63, 3.8) is 0 Å². The van der Waals surface area contributed by atoms with Crippen LogP contribution in [0.15, 0.2) is 0 Å². The van der Waals surface area contributed by atoms with Crippen molar-refractivity contribution in [2.45, 2.75) is 69.1 Å². The number of rotatable bonds is 3. The Morgan fingerprint density at radius 2 is 1.79 bits per heavy atom. The molecule has 0 aliphatic heterocycles. The van der Waals surface area contributed by atoms with E-state index >= 15 is 0 Å². The third-order valence-corrected chi connectivity index (χ3v) is 5.28. The van der Waals surface area contributed by atoms with Crippen LogP contribution in [0.2, 0.25) is 0 Å². The van der Waals surface area contributed by atoms with E-state index in [4.69, 9.17) is 5.73 Å². The molecule has 19 heavy (non-hydrogen) atoms. The van der Waals surface area contributed by atoms with Gasteiger partial charge in [0.05, 0.1) is 5.92 Å². The van der Waals surface area contributed by atoms with Gasteiger partial charge in [-0.15, -0.1) is 0 Å². The van der Waals surface area contributed by atoms with Crippen LogP contribution in [0.3, 0.4) is 0 Å². The highest BCUT2D eigenvalue weighted by atomic mass is 19.4. The Labute approximate surface area is 113 Å². The highest BCUT2D eigenvalue weighted by Gasteiger charge is 2.49. The Hall–Kier alpha value is -0.290. The zero-order chi connectivity index (χ0) is 14.1. The summed E-state index contributed by atoms with van der Waals surface area (Å²) in [5.41, 5.74) is 5.47. The van der Waals surface area contributed by atoms with E-state index in [2.05, 4.69) is 4.90 Å². The van der Waals surface area contributed by atoms with Crippen LogP contribution in [0.4, 0.5) is 13.2 Å². The van der Waals surface area contributed by atoms with Crippen molar-refractivity contribution in [2.75, 3.05) is 13.6 Å². The van der Waals surface area contributed by atoms with Crippen LogP contribution in [-0.4, -0.2) is 36.2 Å². The summed E-state index contributed by atoms with van der Waals surface area (Å²) in [6.45, 7) is 0.340. The van der Waals surface area contributed by atoms with E-state index in [0.717, 1.165) is 19.3 Å². The molecule has 2 atom stereocenters. The van der Waals surface area contributed by atoms with Crippen molar-refractivity contribution < 1.29 is 13.2 Å². The van der Waals surface area contributed by atoms with E-state index < -0.39 is 17.6 Å². The molecule has 0 amide bonds. The van der Waals surface area contributed by atoms with E-state index in [-0.39, 0.29) is 12.8 Å². The van der Waals surface area contributed by atoms with Gasteiger partial charge < -0.3 is 5.73 Å². The molecular formula is C14H25F3N2. The van der Waals surface area contributed by atoms with Crippen molar-refractivity contribution in [1.82, 2.24) is 4.90 Å². The molecule has 2 fully saturated rings. The highest BCUT2D eigenvalue weighted by molar-refractivity contribution is 4.99. The first-order valence-electron chi connectivity index (χ1n) is 7.39. The molecule has 0 aromatic carbocycles. The summed E-state index contributed by atoms with van der Waals surface area (Å²) in [5, 5.41) is 0. The average Bonchev–Trinajstić information content (AvgIpc) is 2.90. The van der Waals surface area contributed by atoms with E-state index in [0.29, 0.717) is 19.0 Å². The van der Waals surface area contributed by atoms with Crippen LogP contribution in [-0.2, 0) is 0 Å². The lowest BCUT2D eigenvalue weighted by molar-refractivity contribution is -0.194. The Balaban J connectivity index is 2.12. The quantitative estimate of drug-likeness (QED) is 0.858. The van der Waals surface area contributed by atoms with Gasteiger partial charge in [0.1, 0.15) is 0 Å². The van der Waals surface area contributed by atoms with Gasteiger partial charge in [0.25, 0.3) is 0 Å². The number of nitrogens with zero attached hydrogens (tertiary/aromatic N) is 1. The van der Waals surface area contributed by atoms with Gasteiger partial charge in [0.15, 0.2) is 0 Å². The lowest BCUT2D eigenvalue weighted by atomic mass is 9.73. The van der Waals surface area contributed by atoms with E-state index in [1.807, 2.05) is 7.05 Å². The third-order valence-electron chi connectivity index (χ3n) is 5.28. The fourth-order valence-corrected chi connectivity index (χ4v) is 3.95. The molecule has 0 heterocycles. The summed E-state index contributed by atoms with van der Waals surface area (Å²) in [7, 11) is 1.99. The van der Waals surface area contributed by atoms with E-state index in [1.54, 1.807) is 0 Å². The minimum Gasteiger partial charge on any atom is -0.329 e. The lowest BCUT2D eigenvalue weighted by Gasteiger charge is -2.49. The smallest absolute Gasteiger partial charge is 0.329 e. The van der Waals surface area contributed by atoms with Gasteiger partial charge in [-0.05, 0) is 39.2 Å². The molecule has 2 aliphatic rings. The Bertz CT molecular complexity index is 300. The van der Waals surface area contributed by atoms with Crippen molar-refractivity contribution in [2.24, 2.45) is 11.7 Å². The standard InChI is InChI=1S/C14H25F3N2/c1-19(12-6-2-3-7-12)13(10-18)8-4-5-11(9-13)14(15,16)17/h11-12H,2-10,18H2,1H3. The monoisotopic (exact) mass is 278 g/mol. The second-order valence-electron chi connectivity index (χ2n) is 6.31. The van der Waals surface area contributed by atoms with Crippen LogP contribution >= 0.6 is 0 Å². The van der Waals surface area contributed by atoms with Crippen molar-refractivity contribution in [3.05, 3.63) is 0 Å².